The number of carbonyl (C=O) groups excluding carboxylic acids is 1. The molecule has 1 aromatic carbocycles. The number of nitro groups is 1. The van der Waals surface area contributed by atoms with Gasteiger partial charge in [-0.1, -0.05) is 5.16 Å². The maximum atomic E-state index is 12.2. The summed E-state index contributed by atoms with van der Waals surface area (Å²) in [5.74, 6) is -0.393. The number of amides is 1. The molecule has 0 radical (unpaired) electrons. The van der Waals surface area contributed by atoms with Crippen molar-refractivity contribution in [2.45, 2.75) is 26.8 Å². The Kier molecular flexibility index (Phi) is 4.11. The van der Waals surface area contributed by atoms with E-state index in [1.807, 2.05) is 0 Å². The van der Waals surface area contributed by atoms with E-state index in [1.54, 1.807) is 20.8 Å². The number of phenols is 1. The number of rotatable bonds is 4. The first-order valence-electron chi connectivity index (χ1n) is 6.52. The normalized spacial score (nSPS) is 12.0. The van der Waals surface area contributed by atoms with Gasteiger partial charge in [-0.15, -0.1) is 0 Å². The van der Waals surface area contributed by atoms with Crippen LogP contribution in [0.1, 0.15) is 40.3 Å². The van der Waals surface area contributed by atoms with E-state index in [0.717, 1.165) is 17.7 Å². The van der Waals surface area contributed by atoms with Gasteiger partial charge in [0.1, 0.15) is 11.5 Å². The zero-order valence-electron chi connectivity index (χ0n) is 12.3. The molecule has 2 rings (SSSR count). The molecule has 0 saturated carbocycles. The second-order valence-electron chi connectivity index (χ2n) is 4.89. The fourth-order valence-corrected chi connectivity index (χ4v) is 2.28. The van der Waals surface area contributed by atoms with Crippen LogP contribution in [0.5, 0.6) is 5.75 Å². The maximum absolute atomic E-state index is 12.2. The molecule has 22 heavy (non-hydrogen) atoms. The third-order valence-corrected chi connectivity index (χ3v) is 3.31. The van der Waals surface area contributed by atoms with E-state index in [9.17, 15) is 20.0 Å². The summed E-state index contributed by atoms with van der Waals surface area (Å²) in [5, 5.41) is 26.9. The molecule has 0 aliphatic carbocycles. The topological polar surface area (TPSA) is 119 Å². The number of nitro benzene ring substituents is 1. The number of nitrogens with one attached hydrogen (secondary N) is 1. The molecule has 1 amide bonds. The van der Waals surface area contributed by atoms with Crippen molar-refractivity contribution in [2.75, 3.05) is 0 Å². The van der Waals surface area contributed by atoms with Crippen LogP contribution in [0.3, 0.4) is 0 Å². The van der Waals surface area contributed by atoms with Gasteiger partial charge in [-0.25, -0.2) is 0 Å². The van der Waals surface area contributed by atoms with E-state index < -0.39 is 16.6 Å². The average Bonchev–Trinajstić information content (AvgIpc) is 2.77. The fraction of sp³-hybridized carbons (Fsp3) is 0.286. The number of hydrogen-bond acceptors (Lipinski definition) is 6. The minimum Gasteiger partial charge on any atom is -0.507 e. The Hall–Kier alpha value is -2.90. The number of aromatic nitrogens is 1. The SMILES string of the molecule is Cc1noc(C)c1[C@H](C)NC(=O)c1ccc([N+](=O)[O-])cc1O. The number of phenolic OH excluding ortho intramolecular Hbond substituents is 1. The highest BCUT2D eigenvalue weighted by atomic mass is 16.6. The molecule has 2 aromatic rings. The molecule has 0 aliphatic rings. The van der Waals surface area contributed by atoms with Crippen molar-refractivity contribution in [3.8, 4) is 5.75 Å². The zero-order valence-corrected chi connectivity index (χ0v) is 12.3. The Morgan fingerprint density at radius 2 is 2.14 bits per heavy atom. The lowest BCUT2D eigenvalue weighted by molar-refractivity contribution is -0.384. The highest BCUT2D eigenvalue weighted by molar-refractivity contribution is 5.97. The zero-order chi connectivity index (χ0) is 16.4. The molecule has 1 heterocycles. The molecule has 116 valence electrons. The van der Waals surface area contributed by atoms with Gasteiger partial charge in [0.25, 0.3) is 11.6 Å². The Morgan fingerprint density at radius 3 is 2.64 bits per heavy atom. The molecule has 0 unspecified atom stereocenters. The summed E-state index contributed by atoms with van der Waals surface area (Å²) in [4.78, 5) is 22.2. The number of hydrogen-bond donors (Lipinski definition) is 2. The molecule has 0 aliphatic heterocycles. The summed E-state index contributed by atoms with van der Waals surface area (Å²) >= 11 is 0. The van der Waals surface area contributed by atoms with Gasteiger partial charge in [0.2, 0.25) is 0 Å². The summed E-state index contributed by atoms with van der Waals surface area (Å²) in [6.45, 7) is 5.26. The molecule has 0 fully saturated rings. The first kappa shape index (κ1) is 15.5. The predicted molar refractivity (Wildman–Crippen MR) is 76.6 cm³/mol. The molecule has 1 aromatic heterocycles. The van der Waals surface area contributed by atoms with Gasteiger partial charge >= 0.3 is 0 Å². The minimum absolute atomic E-state index is 0.0378. The Balaban J connectivity index is 2.21. The number of benzene rings is 1. The van der Waals surface area contributed by atoms with Crippen LogP contribution in [-0.4, -0.2) is 21.1 Å². The van der Waals surface area contributed by atoms with Crippen molar-refractivity contribution in [3.05, 3.63) is 50.9 Å². The van der Waals surface area contributed by atoms with Gasteiger partial charge in [0.05, 0.1) is 28.3 Å². The van der Waals surface area contributed by atoms with Crippen molar-refractivity contribution < 1.29 is 19.3 Å². The first-order chi connectivity index (χ1) is 10.3. The number of non-ortho nitro benzene ring substituents is 1. The van der Waals surface area contributed by atoms with Crippen LogP contribution in [-0.2, 0) is 0 Å². The van der Waals surface area contributed by atoms with Gasteiger partial charge in [-0.05, 0) is 26.8 Å². The largest absolute Gasteiger partial charge is 0.507 e. The van der Waals surface area contributed by atoms with Crippen LogP contribution < -0.4 is 5.32 Å². The Bertz CT molecular complexity index is 719. The van der Waals surface area contributed by atoms with E-state index in [4.69, 9.17) is 4.52 Å². The summed E-state index contributed by atoms with van der Waals surface area (Å²) in [7, 11) is 0. The minimum atomic E-state index is -0.645. The number of aromatic hydroxyl groups is 1. The van der Waals surface area contributed by atoms with Crippen LogP contribution >= 0.6 is 0 Å². The molecule has 8 nitrogen and oxygen atoms in total. The van der Waals surface area contributed by atoms with Gasteiger partial charge in [0.15, 0.2) is 0 Å². The van der Waals surface area contributed by atoms with Gasteiger partial charge in [-0.3, -0.25) is 14.9 Å². The van der Waals surface area contributed by atoms with Crippen LogP contribution in [0, 0.1) is 24.0 Å². The van der Waals surface area contributed by atoms with E-state index >= 15 is 0 Å². The summed E-state index contributed by atoms with van der Waals surface area (Å²) < 4.78 is 5.04. The highest BCUT2D eigenvalue weighted by Crippen LogP contribution is 2.25. The molecular formula is C14H15N3O5. The lowest BCUT2D eigenvalue weighted by Crippen LogP contribution is -2.27. The molecule has 0 saturated heterocycles. The van der Waals surface area contributed by atoms with Gasteiger partial charge in [0, 0.05) is 11.6 Å². The first-order valence-corrected chi connectivity index (χ1v) is 6.52. The Labute approximate surface area is 125 Å². The van der Waals surface area contributed by atoms with Gasteiger partial charge in [-0.2, -0.15) is 0 Å². The van der Waals surface area contributed by atoms with Crippen molar-refractivity contribution in [1.29, 1.82) is 0 Å². The predicted octanol–water partition coefficient (Wildman–Crippen LogP) is 2.40. The average molecular weight is 305 g/mol. The highest BCUT2D eigenvalue weighted by Gasteiger charge is 2.21. The van der Waals surface area contributed by atoms with Crippen molar-refractivity contribution >= 4 is 11.6 Å². The van der Waals surface area contributed by atoms with Crippen LogP contribution in [0.4, 0.5) is 5.69 Å². The lowest BCUT2D eigenvalue weighted by atomic mass is 10.1. The standard InChI is InChI=1S/C14H15N3O5/c1-7(13-8(2)16-22-9(13)3)15-14(19)11-5-4-10(17(20)21)6-12(11)18/h4-7,18H,1-3H3,(H,15,19)/t7-/m0/s1. The number of aryl methyl sites for hydroxylation is 2. The van der Waals surface area contributed by atoms with Crippen molar-refractivity contribution in [2.24, 2.45) is 0 Å². The summed E-state index contributed by atoms with van der Waals surface area (Å²) in [5.41, 5.74) is 1.10. The van der Waals surface area contributed by atoms with E-state index in [2.05, 4.69) is 10.5 Å². The van der Waals surface area contributed by atoms with E-state index in [1.165, 1.54) is 6.07 Å². The van der Waals surface area contributed by atoms with E-state index in [0.29, 0.717) is 11.5 Å². The smallest absolute Gasteiger partial charge is 0.273 e. The second-order valence-corrected chi connectivity index (χ2v) is 4.89. The number of carbonyl (C=O) groups is 1. The fourth-order valence-electron chi connectivity index (χ4n) is 2.28. The van der Waals surface area contributed by atoms with Crippen LogP contribution in [0.2, 0.25) is 0 Å². The van der Waals surface area contributed by atoms with Crippen LogP contribution in [0.25, 0.3) is 0 Å². The summed E-state index contributed by atoms with van der Waals surface area (Å²) in [6.07, 6.45) is 0. The van der Waals surface area contributed by atoms with Crippen molar-refractivity contribution in [3.63, 3.8) is 0 Å². The molecule has 2 N–H and O–H groups in total. The molecular weight excluding hydrogens is 290 g/mol. The molecule has 1 atom stereocenters. The van der Waals surface area contributed by atoms with Crippen molar-refractivity contribution in [1.82, 2.24) is 10.5 Å². The van der Waals surface area contributed by atoms with Gasteiger partial charge < -0.3 is 14.9 Å². The Morgan fingerprint density at radius 1 is 1.45 bits per heavy atom. The van der Waals surface area contributed by atoms with E-state index in [-0.39, 0.29) is 17.3 Å². The second kappa shape index (κ2) is 5.84. The quantitative estimate of drug-likeness (QED) is 0.661. The third kappa shape index (κ3) is 2.90. The number of nitrogens with zero attached hydrogens (tertiary/aromatic N) is 2. The summed E-state index contributed by atoms with van der Waals surface area (Å²) in [6, 6.07) is 2.93. The molecule has 0 bridgehead atoms. The molecule has 0 spiro atoms. The lowest BCUT2D eigenvalue weighted by Gasteiger charge is -2.14. The molecule has 8 heteroatoms. The maximum Gasteiger partial charge on any atom is 0.273 e. The monoisotopic (exact) mass is 305 g/mol. The third-order valence-electron chi connectivity index (χ3n) is 3.31. The van der Waals surface area contributed by atoms with Crippen LogP contribution in [0.15, 0.2) is 22.7 Å².